The molecule has 0 radical (unpaired) electrons. The molecule has 0 aliphatic heterocycles. The molecule has 4 heteroatoms. The number of hydrogen-bond donors (Lipinski definition) is 2. The van der Waals surface area contributed by atoms with Crippen LogP contribution in [0, 0.1) is 5.92 Å². The maximum Gasteiger partial charge on any atom is 0.0809 e. The number of aromatic nitrogens is 1. The minimum atomic E-state index is 0.205. The minimum Gasteiger partial charge on any atom is -0.271 e. The molecule has 0 aromatic carbocycles. The lowest BCUT2D eigenvalue weighted by molar-refractivity contribution is 0.448. The summed E-state index contributed by atoms with van der Waals surface area (Å²) in [5.41, 5.74) is 5.15. The maximum atomic E-state index is 5.64. The molecule has 3 N–H and O–H groups in total. The topological polar surface area (TPSA) is 50.9 Å². The van der Waals surface area contributed by atoms with E-state index in [0.29, 0.717) is 5.92 Å². The van der Waals surface area contributed by atoms with E-state index in [0.717, 1.165) is 18.4 Å². The van der Waals surface area contributed by atoms with Crippen molar-refractivity contribution in [2.24, 2.45) is 11.8 Å². The van der Waals surface area contributed by atoms with Gasteiger partial charge in [-0.3, -0.25) is 16.3 Å². The van der Waals surface area contributed by atoms with E-state index in [4.69, 9.17) is 5.84 Å². The van der Waals surface area contributed by atoms with E-state index in [9.17, 15) is 0 Å². The average molecular weight is 249 g/mol. The van der Waals surface area contributed by atoms with E-state index in [1.54, 1.807) is 11.3 Å². The highest BCUT2D eigenvalue weighted by atomic mass is 32.1. The molecule has 1 atom stereocenters. The molecule has 2 rings (SSSR count). The van der Waals surface area contributed by atoms with Crippen LogP contribution in [0.3, 0.4) is 0 Å². The lowest BCUT2D eigenvalue weighted by Gasteiger charge is -2.17. The summed E-state index contributed by atoms with van der Waals surface area (Å²) < 4.78 is 1.23. The third-order valence-electron chi connectivity index (χ3n) is 2.96. The Morgan fingerprint density at radius 1 is 1.41 bits per heavy atom. The Labute approximate surface area is 106 Å². The predicted molar refractivity (Wildman–Crippen MR) is 73.8 cm³/mol. The highest BCUT2D eigenvalue weighted by Crippen LogP contribution is 2.25. The molecule has 0 spiro atoms. The summed E-state index contributed by atoms with van der Waals surface area (Å²) in [5, 5.41) is 2.07. The first kappa shape index (κ1) is 12.5. The Morgan fingerprint density at radius 2 is 2.24 bits per heavy atom. The van der Waals surface area contributed by atoms with Crippen LogP contribution >= 0.6 is 11.3 Å². The third kappa shape index (κ3) is 3.03. The van der Waals surface area contributed by atoms with Crippen LogP contribution in [0.4, 0.5) is 0 Å². The van der Waals surface area contributed by atoms with Crippen molar-refractivity contribution >= 4 is 21.6 Å². The second-order valence-corrected chi connectivity index (χ2v) is 5.71. The normalized spacial score (nSPS) is 13.4. The molecule has 0 aliphatic carbocycles. The van der Waals surface area contributed by atoms with Gasteiger partial charge in [0.15, 0.2) is 0 Å². The Kier molecular flexibility index (Phi) is 4.10. The Bertz CT molecular complexity index is 478. The molecule has 92 valence electrons. The number of rotatable bonds is 5. The zero-order valence-corrected chi connectivity index (χ0v) is 11.1. The zero-order valence-electron chi connectivity index (χ0n) is 10.3. The number of thiophene rings is 1. The van der Waals surface area contributed by atoms with E-state index in [-0.39, 0.29) is 6.04 Å². The zero-order chi connectivity index (χ0) is 12.3. The van der Waals surface area contributed by atoms with Crippen LogP contribution in [0.15, 0.2) is 23.7 Å². The van der Waals surface area contributed by atoms with Gasteiger partial charge in [-0.15, -0.1) is 11.3 Å². The predicted octanol–water partition coefficient (Wildman–Crippen LogP) is 3.24. The van der Waals surface area contributed by atoms with E-state index >= 15 is 0 Å². The van der Waals surface area contributed by atoms with Crippen molar-refractivity contribution in [2.45, 2.75) is 32.7 Å². The number of fused-ring (bicyclic) bond motifs is 1. The van der Waals surface area contributed by atoms with Crippen molar-refractivity contribution in [1.82, 2.24) is 10.4 Å². The lowest BCUT2D eigenvalue weighted by atomic mass is 9.99. The van der Waals surface area contributed by atoms with E-state index < -0.39 is 0 Å². The van der Waals surface area contributed by atoms with E-state index in [1.807, 2.05) is 12.3 Å². The van der Waals surface area contributed by atoms with Crippen LogP contribution in [-0.2, 0) is 0 Å². The van der Waals surface area contributed by atoms with Gasteiger partial charge in [0.1, 0.15) is 0 Å². The quantitative estimate of drug-likeness (QED) is 0.632. The summed E-state index contributed by atoms with van der Waals surface area (Å²) in [4.78, 5) is 4.45. The molecule has 0 fully saturated rings. The van der Waals surface area contributed by atoms with Gasteiger partial charge in [0.2, 0.25) is 0 Å². The number of nitrogens with one attached hydrogen (secondary N) is 1. The molecule has 0 bridgehead atoms. The number of pyridine rings is 1. The van der Waals surface area contributed by atoms with Gasteiger partial charge in [0, 0.05) is 12.2 Å². The van der Waals surface area contributed by atoms with Crippen molar-refractivity contribution in [2.75, 3.05) is 0 Å². The second kappa shape index (κ2) is 5.58. The van der Waals surface area contributed by atoms with Crippen LogP contribution in [0.2, 0.25) is 0 Å². The fraction of sp³-hybridized carbons (Fsp3) is 0.462. The SMILES string of the molecule is CC(C)CCC(NN)c1cnc2ccsc2c1. The summed E-state index contributed by atoms with van der Waals surface area (Å²) in [7, 11) is 0. The fourth-order valence-corrected chi connectivity index (χ4v) is 2.69. The summed E-state index contributed by atoms with van der Waals surface area (Å²) in [6.45, 7) is 4.46. The van der Waals surface area contributed by atoms with Crippen LogP contribution in [0.25, 0.3) is 10.2 Å². The smallest absolute Gasteiger partial charge is 0.0809 e. The lowest BCUT2D eigenvalue weighted by Crippen LogP contribution is -2.28. The Hall–Kier alpha value is -0.970. The van der Waals surface area contributed by atoms with Crippen LogP contribution in [-0.4, -0.2) is 4.98 Å². The van der Waals surface area contributed by atoms with Gasteiger partial charge in [-0.25, -0.2) is 0 Å². The molecule has 0 saturated carbocycles. The first-order valence-corrected chi connectivity index (χ1v) is 6.88. The Balaban J connectivity index is 2.17. The molecule has 2 heterocycles. The van der Waals surface area contributed by atoms with Crippen LogP contribution in [0.1, 0.15) is 38.3 Å². The van der Waals surface area contributed by atoms with Gasteiger partial charge >= 0.3 is 0 Å². The van der Waals surface area contributed by atoms with Crippen molar-refractivity contribution in [3.8, 4) is 0 Å². The van der Waals surface area contributed by atoms with Crippen molar-refractivity contribution in [3.63, 3.8) is 0 Å². The summed E-state index contributed by atoms with van der Waals surface area (Å²) in [6, 6.07) is 4.44. The number of hydrogen-bond acceptors (Lipinski definition) is 4. The molecule has 0 saturated heterocycles. The molecule has 17 heavy (non-hydrogen) atoms. The number of nitrogens with zero attached hydrogens (tertiary/aromatic N) is 1. The Morgan fingerprint density at radius 3 is 2.94 bits per heavy atom. The van der Waals surface area contributed by atoms with Gasteiger partial charge in [0.05, 0.1) is 10.2 Å². The van der Waals surface area contributed by atoms with E-state index in [2.05, 4.69) is 35.7 Å². The number of hydrazine groups is 1. The summed E-state index contributed by atoms with van der Waals surface area (Å²) in [5.74, 6) is 6.33. The molecular formula is C13H19N3S. The first-order valence-electron chi connectivity index (χ1n) is 6.00. The van der Waals surface area contributed by atoms with Gasteiger partial charge in [-0.05, 0) is 41.8 Å². The molecule has 3 nitrogen and oxygen atoms in total. The van der Waals surface area contributed by atoms with Crippen LogP contribution in [0.5, 0.6) is 0 Å². The molecular weight excluding hydrogens is 230 g/mol. The standard InChI is InChI=1S/C13H19N3S/c1-9(2)3-4-11(16-14)10-7-13-12(15-8-10)5-6-17-13/h5-9,11,16H,3-4,14H2,1-2H3. The van der Waals surface area contributed by atoms with Crippen molar-refractivity contribution < 1.29 is 0 Å². The fourth-order valence-electron chi connectivity index (χ4n) is 1.90. The largest absolute Gasteiger partial charge is 0.271 e. The molecule has 0 amide bonds. The van der Waals surface area contributed by atoms with Gasteiger partial charge < -0.3 is 0 Å². The maximum absolute atomic E-state index is 5.64. The average Bonchev–Trinajstić information content (AvgIpc) is 2.76. The minimum absolute atomic E-state index is 0.205. The summed E-state index contributed by atoms with van der Waals surface area (Å²) >= 11 is 1.72. The van der Waals surface area contributed by atoms with E-state index in [1.165, 1.54) is 10.3 Å². The number of nitrogens with two attached hydrogens (primary N) is 1. The molecule has 2 aromatic rings. The highest BCUT2D eigenvalue weighted by molar-refractivity contribution is 7.17. The first-order chi connectivity index (χ1) is 8.20. The second-order valence-electron chi connectivity index (χ2n) is 4.76. The van der Waals surface area contributed by atoms with Gasteiger partial charge in [-0.1, -0.05) is 13.8 Å². The molecule has 0 aliphatic rings. The van der Waals surface area contributed by atoms with Crippen LogP contribution < -0.4 is 11.3 Å². The van der Waals surface area contributed by atoms with Crippen molar-refractivity contribution in [3.05, 3.63) is 29.3 Å². The van der Waals surface area contributed by atoms with Gasteiger partial charge in [0.25, 0.3) is 0 Å². The molecule has 2 aromatic heterocycles. The third-order valence-corrected chi connectivity index (χ3v) is 3.81. The highest BCUT2D eigenvalue weighted by Gasteiger charge is 2.11. The van der Waals surface area contributed by atoms with Crippen molar-refractivity contribution in [1.29, 1.82) is 0 Å². The van der Waals surface area contributed by atoms with Gasteiger partial charge in [-0.2, -0.15) is 0 Å². The summed E-state index contributed by atoms with van der Waals surface area (Å²) in [6.07, 6.45) is 4.14. The molecule has 1 unspecified atom stereocenters. The monoisotopic (exact) mass is 249 g/mol.